The van der Waals surface area contributed by atoms with Crippen molar-refractivity contribution in [2.24, 2.45) is 0 Å². The molecule has 28 heavy (non-hydrogen) atoms. The first-order valence-corrected chi connectivity index (χ1v) is 9.26. The van der Waals surface area contributed by atoms with Gasteiger partial charge in [0.05, 0.1) is 12.6 Å². The zero-order valence-electron chi connectivity index (χ0n) is 16.5. The third-order valence-corrected chi connectivity index (χ3v) is 5.38. The second kappa shape index (κ2) is 7.97. The lowest BCUT2D eigenvalue weighted by Crippen LogP contribution is -2.29. The molecule has 0 radical (unpaired) electrons. The molecule has 1 heterocycles. The number of hydrogen-bond acceptors (Lipinski definition) is 1. The Labute approximate surface area is 164 Å². The van der Waals surface area contributed by atoms with Crippen molar-refractivity contribution in [1.29, 1.82) is 0 Å². The van der Waals surface area contributed by atoms with Gasteiger partial charge in [0, 0.05) is 11.3 Å². The monoisotopic (exact) mass is 382 g/mol. The van der Waals surface area contributed by atoms with Crippen LogP contribution in [0.4, 0.5) is 8.78 Å². The number of carbonyl (C=O) groups is 1. The number of nitrogens with one attached hydrogen (secondary N) is 1. The summed E-state index contributed by atoms with van der Waals surface area (Å²) in [6, 6.07) is 13.3. The molecule has 3 rings (SSSR count). The molecule has 0 saturated heterocycles. The van der Waals surface area contributed by atoms with Crippen molar-refractivity contribution in [3.05, 3.63) is 93.8 Å². The van der Waals surface area contributed by atoms with Gasteiger partial charge in [-0.15, -0.1) is 0 Å². The molecular formula is C23H24F2N2O. The van der Waals surface area contributed by atoms with E-state index < -0.39 is 11.6 Å². The van der Waals surface area contributed by atoms with Crippen molar-refractivity contribution >= 4 is 5.91 Å². The van der Waals surface area contributed by atoms with Crippen molar-refractivity contribution in [1.82, 2.24) is 9.88 Å². The first-order chi connectivity index (χ1) is 13.3. The summed E-state index contributed by atoms with van der Waals surface area (Å²) in [5.41, 5.74) is 3.94. The highest BCUT2D eigenvalue weighted by Crippen LogP contribution is 2.25. The summed E-state index contributed by atoms with van der Waals surface area (Å²) >= 11 is 0. The first kappa shape index (κ1) is 19.8. The van der Waals surface area contributed by atoms with Gasteiger partial charge in [0.15, 0.2) is 0 Å². The molecule has 3 nitrogen and oxygen atoms in total. The van der Waals surface area contributed by atoms with E-state index in [4.69, 9.17) is 0 Å². The van der Waals surface area contributed by atoms with Crippen LogP contribution >= 0.6 is 0 Å². The lowest BCUT2D eigenvalue weighted by molar-refractivity contribution is 0.0930. The van der Waals surface area contributed by atoms with Gasteiger partial charge in [-0.05, 0) is 56.5 Å². The maximum Gasteiger partial charge on any atom is 0.268 e. The van der Waals surface area contributed by atoms with E-state index in [1.54, 1.807) is 4.57 Å². The zero-order chi connectivity index (χ0) is 20.4. The average molecular weight is 382 g/mol. The quantitative estimate of drug-likeness (QED) is 0.644. The number of hydrogen-bond donors (Lipinski definition) is 1. The van der Waals surface area contributed by atoms with E-state index in [-0.39, 0.29) is 24.1 Å². The Balaban J connectivity index is 1.97. The maximum atomic E-state index is 14.2. The second-order valence-electron chi connectivity index (χ2n) is 7.08. The Kier molecular flexibility index (Phi) is 5.63. The molecule has 0 aliphatic heterocycles. The van der Waals surface area contributed by atoms with Crippen LogP contribution in [-0.2, 0) is 6.54 Å². The number of amides is 1. The Morgan fingerprint density at radius 1 is 0.964 bits per heavy atom. The molecule has 1 aromatic heterocycles. The van der Waals surface area contributed by atoms with Gasteiger partial charge in [-0.2, -0.15) is 0 Å². The lowest BCUT2D eigenvalue weighted by Gasteiger charge is -2.17. The maximum absolute atomic E-state index is 14.2. The van der Waals surface area contributed by atoms with Crippen LogP contribution in [0.2, 0.25) is 0 Å². The number of rotatable bonds is 5. The fraction of sp³-hybridized carbons (Fsp3) is 0.261. The highest BCUT2D eigenvalue weighted by atomic mass is 19.1. The Morgan fingerprint density at radius 3 is 2.18 bits per heavy atom. The normalized spacial score (nSPS) is 12.1. The van der Waals surface area contributed by atoms with Crippen LogP contribution in [0.3, 0.4) is 0 Å². The van der Waals surface area contributed by atoms with E-state index in [1.165, 1.54) is 18.2 Å². The molecule has 0 aliphatic carbocycles. The van der Waals surface area contributed by atoms with E-state index in [0.717, 1.165) is 22.4 Å². The van der Waals surface area contributed by atoms with Crippen LogP contribution in [0.25, 0.3) is 0 Å². The van der Waals surface area contributed by atoms with E-state index in [9.17, 15) is 13.6 Å². The molecule has 1 unspecified atom stereocenters. The largest absolute Gasteiger partial charge is 0.344 e. The molecule has 1 atom stereocenters. The van der Waals surface area contributed by atoms with Gasteiger partial charge in [0.1, 0.15) is 17.3 Å². The third kappa shape index (κ3) is 3.70. The molecule has 0 fully saturated rings. The summed E-state index contributed by atoms with van der Waals surface area (Å²) in [4.78, 5) is 13.1. The summed E-state index contributed by atoms with van der Waals surface area (Å²) in [6.45, 7) is 7.50. The molecule has 0 saturated carbocycles. The van der Waals surface area contributed by atoms with Crippen LogP contribution < -0.4 is 5.32 Å². The zero-order valence-corrected chi connectivity index (χ0v) is 16.5. The topological polar surface area (TPSA) is 34.0 Å². The van der Waals surface area contributed by atoms with Crippen LogP contribution in [0.1, 0.15) is 51.4 Å². The van der Waals surface area contributed by atoms with Gasteiger partial charge >= 0.3 is 0 Å². The number of aromatic nitrogens is 1. The Bertz CT molecular complexity index is 989. The summed E-state index contributed by atoms with van der Waals surface area (Å²) in [6.07, 6.45) is 0. The Hall–Kier alpha value is -2.95. The molecule has 2 aromatic carbocycles. The number of carbonyl (C=O) groups excluding carboxylic acids is 1. The fourth-order valence-electron chi connectivity index (χ4n) is 3.44. The summed E-state index contributed by atoms with van der Waals surface area (Å²) in [7, 11) is 0. The van der Waals surface area contributed by atoms with Gasteiger partial charge in [-0.3, -0.25) is 4.79 Å². The van der Waals surface area contributed by atoms with Crippen molar-refractivity contribution in [3.8, 4) is 0 Å². The lowest BCUT2D eigenvalue weighted by atomic mass is 10.1. The predicted molar refractivity (Wildman–Crippen MR) is 106 cm³/mol. The van der Waals surface area contributed by atoms with E-state index in [0.29, 0.717) is 5.69 Å². The number of nitrogens with zero attached hydrogens (tertiary/aromatic N) is 1. The van der Waals surface area contributed by atoms with Gasteiger partial charge in [0.25, 0.3) is 5.91 Å². The van der Waals surface area contributed by atoms with E-state index >= 15 is 0 Å². The van der Waals surface area contributed by atoms with Crippen LogP contribution in [0.15, 0.2) is 48.5 Å². The van der Waals surface area contributed by atoms with E-state index in [2.05, 4.69) is 5.32 Å². The number of benzene rings is 2. The smallest absolute Gasteiger partial charge is 0.268 e. The molecule has 1 amide bonds. The third-order valence-electron chi connectivity index (χ3n) is 5.38. The molecular weight excluding hydrogens is 358 g/mol. The summed E-state index contributed by atoms with van der Waals surface area (Å²) in [5, 5.41) is 3.00. The van der Waals surface area contributed by atoms with Crippen LogP contribution in [-0.4, -0.2) is 10.5 Å². The van der Waals surface area contributed by atoms with Crippen molar-refractivity contribution in [2.75, 3.05) is 0 Å². The summed E-state index contributed by atoms with van der Waals surface area (Å²) in [5.74, 6) is -1.50. The fourth-order valence-corrected chi connectivity index (χ4v) is 3.44. The van der Waals surface area contributed by atoms with Gasteiger partial charge in [-0.1, -0.05) is 36.4 Å². The SMILES string of the molecule is Cc1c(C)c(C(=O)NC(C)c2ccccc2)n(Cc2c(F)cccc2F)c1C. The minimum atomic E-state index is -0.618. The molecule has 0 bridgehead atoms. The van der Waals surface area contributed by atoms with Crippen LogP contribution in [0.5, 0.6) is 0 Å². The molecule has 0 aliphatic rings. The van der Waals surface area contributed by atoms with Crippen molar-refractivity contribution in [2.45, 2.75) is 40.3 Å². The van der Waals surface area contributed by atoms with Gasteiger partial charge in [-0.25, -0.2) is 8.78 Å². The molecule has 1 N–H and O–H groups in total. The van der Waals surface area contributed by atoms with Crippen molar-refractivity contribution < 1.29 is 13.6 Å². The molecule has 5 heteroatoms. The molecule has 146 valence electrons. The molecule has 0 spiro atoms. The van der Waals surface area contributed by atoms with Gasteiger partial charge < -0.3 is 9.88 Å². The van der Waals surface area contributed by atoms with Crippen LogP contribution in [0, 0.1) is 32.4 Å². The highest BCUT2D eigenvalue weighted by molar-refractivity contribution is 5.95. The second-order valence-corrected chi connectivity index (χ2v) is 7.08. The minimum absolute atomic E-state index is 0.0402. The average Bonchev–Trinajstić information content (AvgIpc) is 2.89. The Morgan fingerprint density at radius 2 is 1.57 bits per heavy atom. The predicted octanol–water partition coefficient (Wildman–Crippen LogP) is 5.23. The van der Waals surface area contributed by atoms with Crippen molar-refractivity contribution in [3.63, 3.8) is 0 Å². The summed E-state index contributed by atoms with van der Waals surface area (Å²) < 4.78 is 30.1. The highest BCUT2D eigenvalue weighted by Gasteiger charge is 2.23. The standard InChI is InChI=1S/C23H24F2N2O/c1-14-15(2)22(23(28)26-16(3)18-9-6-5-7-10-18)27(17(14)4)13-19-20(24)11-8-12-21(19)25/h5-12,16H,13H2,1-4H3,(H,26,28). The van der Waals surface area contributed by atoms with E-state index in [1.807, 2.05) is 58.0 Å². The molecule has 3 aromatic rings. The minimum Gasteiger partial charge on any atom is -0.344 e. The first-order valence-electron chi connectivity index (χ1n) is 9.26. The number of halogens is 2. The van der Waals surface area contributed by atoms with Gasteiger partial charge in [0.2, 0.25) is 0 Å².